The molecule has 0 saturated carbocycles. The van der Waals surface area contributed by atoms with Crippen LogP contribution in [0.2, 0.25) is 0 Å². The fourth-order valence-electron chi connectivity index (χ4n) is 2.71. The maximum absolute atomic E-state index is 4.27. The van der Waals surface area contributed by atoms with Gasteiger partial charge in [-0.05, 0) is 45.3 Å². The van der Waals surface area contributed by atoms with Crippen LogP contribution in [0.15, 0.2) is 12.4 Å². The topological polar surface area (TPSA) is 33.1 Å². The van der Waals surface area contributed by atoms with Crippen molar-refractivity contribution in [1.82, 2.24) is 19.8 Å². The van der Waals surface area contributed by atoms with Gasteiger partial charge in [-0.15, -0.1) is 0 Å². The molecule has 0 aliphatic carbocycles. The number of aryl methyl sites for hydroxylation is 1. The Labute approximate surface area is 110 Å². The summed E-state index contributed by atoms with van der Waals surface area (Å²) in [6.07, 6.45) is 6.68. The molecule has 102 valence electrons. The second-order valence-corrected chi connectivity index (χ2v) is 5.27. The minimum absolute atomic E-state index is 0.836. The minimum Gasteiger partial charge on any atom is -0.334 e. The molecular weight excluding hydrogens is 224 g/mol. The first-order valence-corrected chi connectivity index (χ1v) is 7.20. The van der Waals surface area contributed by atoms with E-state index in [4.69, 9.17) is 0 Å². The number of likely N-dealkylation sites (N-methyl/N-ethyl adjacent to an activating group) is 1. The van der Waals surface area contributed by atoms with Gasteiger partial charge in [-0.1, -0.05) is 6.92 Å². The van der Waals surface area contributed by atoms with E-state index in [9.17, 15) is 0 Å². The lowest BCUT2D eigenvalue weighted by Crippen LogP contribution is -2.39. The minimum atomic E-state index is 0.836. The van der Waals surface area contributed by atoms with Crippen molar-refractivity contribution in [2.75, 3.05) is 32.7 Å². The molecule has 4 nitrogen and oxygen atoms in total. The molecule has 1 N–H and O–H groups in total. The number of imidazole rings is 1. The molecule has 4 heteroatoms. The third-order valence-corrected chi connectivity index (χ3v) is 3.94. The number of piperidine rings is 1. The van der Waals surface area contributed by atoms with Gasteiger partial charge in [0, 0.05) is 32.0 Å². The molecule has 1 atom stereocenters. The Morgan fingerprint density at radius 1 is 1.56 bits per heavy atom. The second-order valence-electron chi connectivity index (χ2n) is 5.27. The van der Waals surface area contributed by atoms with Gasteiger partial charge in [-0.25, -0.2) is 4.98 Å². The van der Waals surface area contributed by atoms with Gasteiger partial charge in [0.1, 0.15) is 5.82 Å². The smallest absolute Gasteiger partial charge is 0.105 e. The molecule has 1 aliphatic rings. The Morgan fingerprint density at radius 3 is 3.06 bits per heavy atom. The van der Waals surface area contributed by atoms with Gasteiger partial charge in [0.25, 0.3) is 0 Å². The number of nitrogens with one attached hydrogen (secondary N) is 1. The largest absolute Gasteiger partial charge is 0.334 e. The number of rotatable bonds is 6. The second kappa shape index (κ2) is 6.90. The van der Waals surface area contributed by atoms with Gasteiger partial charge in [-0.3, -0.25) is 0 Å². The Hall–Kier alpha value is -0.870. The highest BCUT2D eigenvalue weighted by molar-refractivity contribution is 4.88. The molecule has 1 aromatic heterocycles. The third-order valence-electron chi connectivity index (χ3n) is 3.94. The Bertz CT molecular complexity index is 341. The first kappa shape index (κ1) is 13.6. The van der Waals surface area contributed by atoms with Gasteiger partial charge in [0.15, 0.2) is 0 Å². The van der Waals surface area contributed by atoms with Gasteiger partial charge < -0.3 is 14.8 Å². The van der Waals surface area contributed by atoms with E-state index >= 15 is 0 Å². The fraction of sp³-hybridized carbons (Fsp3) is 0.786. The van der Waals surface area contributed by atoms with E-state index in [-0.39, 0.29) is 0 Å². The summed E-state index contributed by atoms with van der Waals surface area (Å²) in [4.78, 5) is 6.84. The Kier molecular flexibility index (Phi) is 5.20. The number of nitrogens with zero attached hydrogens (tertiary/aromatic N) is 3. The number of hydrogen-bond donors (Lipinski definition) is 1. The lowest BCUT2D eigenvalue weighted by molar-refractivity contribution is 0.209. The van der Waals surface area contributed by atoms with E-state index in [0.29, 0.717) is 0 Å². The van der Waals surface area contributed by atoms with Crippen molar-refractivity contribution in [2.24, 2.45) is 5.92 Å². The molecule has 0 radical (unpaired) electrons. The van der Waals surface area contributed by atoms with Crippen LogP contribution in [0, 0.1) is 12.8 Å². The molecule has 1 aliphatic heterocycles. The summed E-state index contributed by atoms with van der Waals surface area (Å²) < 4.78 is 2.24. The summed E-state index contributed by atoms with van der Waals surface area (Å²) >= 11 is 0. The summed E-state index contributed by atoms with van der Waals surface area (Å²) in [5.74, 6) is 1.95. The van der Waals surface area contributed by atoms with Crippen LogP contribution in [0.25, 0.3) is 0 Å². The normalized spacial score (nSPS) is 20.5. The molecule has 18 heavy (non-hydrogen) atoms. The van der Waals surface area contributed by atoms with Crippen molar-refractivity contribution in [3.63, 3.8) is 0 Å². The van der Waals surface area contributed by atoms with Crippen LogP contribution in [0.3, 0.4) is 0 Å². The zero-order valence-electron chi connectivity index (χ0n) is 11.7. The Balaban J connectivity index is 1.76. The lowest BCUT2D eigenvalue weighted by Gasteiger charge is -2.29. The van der Waals surface area contributed by atoms with E-state index in [1.54, 1.807) is 0 Å². The van der Waals surface area contributed by atoms with Gasteiger partial charge in [0.2, 0.25) is 0 Å². The summed E-state index contributed by atoms with van der Waals surface area (Å²) in [5, 5.41) is 3.50. The van der Waals surface area contributed by atoms with Crippen molar-refractivity contribution in [3.05, 3.63) is 18.2 Å². The molecule has 2 heterocycles. The predicted molar refractivity (Wildman–Crippen MR) is 74.7 cm³/mol. The monoisotopic (exact) mass is 250 g/mol. The first-order chi connectivity index (χ1) is 8.79. The average molecular weight is 250 g/mol. The van der Waals surface area contributed by atoms with Gasteiger partial charge >= 0.3 is 0 Å². The van der Waals surface area contributed by atoms with Crippen molar-refractivity contribution < 1.29 is 0 Å². The van der Waals surface area contributed by atoms with E-state index in [1.165, 1.54) is 32.5 Å². The van der Waals surface area contributed by atoms with Gasteiger partial charge in [-0.2, -0.15) is 0 Å². The molecule has 0 spiro atoms. The van der Waals surface area contributed by atoms with Crippen LogP contribution >= 0.6 is 0 Å². The highest BCUT2D eigenvalue weighted by Crippen LogP contribution is 2.11. The maximum atomic E-state index is 4.27. The molecule has 0 aromatic carbocycles. The molecular formula is C14H26N4. The van der Waals surface area contributed by atoms with Crippen LogP contribution in [-0.4, -0.2) is 47.2 Å². The zero-order chi connectivity index (χ0) is 12.8. The van der Waals surface area contributed by atoms with Crippen LogP contribution in [0.5, 0.6) is 0 Å². The molecule has 1 fully saturated rings. The SMILES string of the molecule is CCN(CCn1ccnc1C)CC1CCCNC1. The zero-order valence-corrected chi connectivity index (χ0v) is 11.7. The molecule has 1 unspecified atom stereocenters. The lowest BCUT2D eigenvalue weighted by atomic mass is 9.99. The maximum Gasteiger partial charge on any atom is 0.105 e. The van der Waals surface area contributed by atoms with E-state index in [0.717, 1.165) is 31.4 Å². The van der Waals surface area contributed by atoms with Crippen molar-refractivity contribution in [2.45, 2.75) is 33.2 Å². The van der Waals surface area contributed by atoms with E-state index in [2.05, 4.69) is 39.8 Å². The Morgan fingerprint density at radius 2 is 2.44 bits per heavy atom. The molecule has 0 amide bonds. The third kappa shape index (κ3) is 3.82. The molecule has 1 aromatic rings. The molecule has 2 rings (SSSR count). The van der Waals surface area contributed by atoms with Crippen molar-refractivity contribution in [1.29, 1.82) is 0 Å². The predicted octanol–water partition coefficient (Wildman–Crippen LogP) is 1.51. The van der Waals surface area contributed by atoms with Crippen LogP contribution in [0.4, 0.5) is 0 Å². The fourth-order valence-corrected chi connectivity index (χ4v) is 2.71. The quantitative estimate of drug-likeness (QED) is 0.831. The summed E-state index contributed by atoms with van der Waals surface area (Å²) in [7, 11) is 0. The highest BCUT2D eigenvalue weighted by atomic mass is 15.2. The van der Waals surface area contributed by atoms with Crippen LogP contribution in [0.1, 0.15) is 25.6 Å². The summed E-state index contributed by atoms with van der Waals surface area (Å²) in [5.41, 5.74) is 0. The first-order valence-electron chi connectivity index (χ1n) is 7.20. The number of hydrogen-bond acceptors (Lipinski definition) is 3. The average Bonchev–Trinajstić information content (AvgIpc) is 2.81. The van der Waals surface area contributed by atoms with E-state index in [1.807, 2.05) is 6.20 Å². The van der Waals surface area contributed by atoms with Crippen molar-refractivity contribution >= 4 is 0 Å². The standard InChI is InChI=1S/C14H26N4/c1-3-17(12-14-5-4-6-15-11-14)9-10-18-8-7-16-13(18)2/h7-8,14-15H,3-6,9-12H2,1-2H3. The van der Waals surface area contributed by atoms with Crippen LogP contribution < -0.4 is 5.32 Å². The summed E-state index contributed by atoms with van der Waals surface area (Å²) in [6.45, 7) is 11.3. The highest BCUT2D eigenvalue weighted by Gasteiger charge is 2.16. The van der Waals surface area contributed by atoms with Crippen molar-refractivity contribution in [3.8, 4) is 0 Å². The summed E-state index contributed by atoms with van der Waals surface area (Å²) in [6, 6.07) is 0. The van der Waals surface area contributed by atoms with E-state index < -0.39 is 0 Å². The van der Waals surface area contributed by atoms with Crippen LogP contribution in [-0.2, 0) is 6.54 Å². The molecule has 0 bridgehead atoms. The molecule has 1 saturated heterocycles. The number of aromatic nitrogens is 2. The van der Waals surface area contributed by atoms with Gasteiger partial charge in [0.05, 0.1) is 0 Å².